The summed E-state index contributed by atoms with van der Waals surface area (Å²) in [4.78, 5) is 0. The SMILES string of the molecule is OC[C@H]1OC(Oc2cccc(C(c3ccccc3)c3ccccc3)c2)C[C@H]1O. The van der Waals surface area contributed by atoms with Gasteiger partial charge in [-0.1, -0.05) is 72.8 Å². The normalized spacial score (nSPS) is 21.8. The molecule has 0 bridgehead atoms. The van der Waals surface area contributed by atoms with Gasteiger partial charge in [-0.3, -0.25) is 0 Å². The van der Waals surface area contributed by atoms with Gasteiger partial charge in [0.2, 0.25) is 6.29 Å². The Morgan fingerprint density at radius 3 is 2.04 bits per heavy atom. The number of hydrogen-bond donors (Lipinski definition) is 2. The van der Waals surface area contributed by atoms with Crippen molar-refractivity contribution in [1.82, 2.24) is 0 Å². The van der Waals surface area contributed by atoms with Crippen LogP contribution in [0, 0.1) is 0 Å². The summed E-state index contributed by atoms with van der Waals surface area (Å²) >= 11 is 0. The molecule has 28 heavy (non-hydrogen) atoms. The molecule has 1 aliphatic heterocycles. The van der Waals surface area contributed by atoms with Crippen LogP contribution in [0.5, 0.6) is 5.75 Å². The summed E-state index contributed by atoms with van der Waals surface area (Å²) in [7, 11) is 0. The molecule has 2 N–H and O–H groups in total. The van der Waals surface area contributed by atoms with Crippen LogP contribution in [0.3, 0.4) is 0 Å². The molecule has 3 aromatic rings. The molecule has 0 radical (unpaired) electrons. The number of aliphatic hydroxyl groups excluding tert-OH is 2. The molecule has 4 heteroatoms. The van der Waals surface area contributed by atoms with Crippen molar-refractivity contribution in [3.05, 3.63) is 102 Å². The van der Waals surface area contributed by atoms with Crippen LogP contribution in [-0.4, -0.2) is 35.3 Å². The van der Waals surface area contributed by atoms with E-state index in [-0.39, 0.29) is 12.5 Å². The molecule has 1 unspecified atom stereocenters. The third kappa shape index (κ3) is 4.09. The van der Waals surface area contributed by atoms with E-state index < -0.39 is 18.5 Å². The van der Waals surface area contributed by atoms with E-state index in [9.17, 15) is 10.2 Å². The van der Waals surface area contributed by atoms with Gasteiger partial charge in [0.05, 0.1) is 12.7 Å². The zero-order chi connectivity index (χ0) is 19.3. The van der Waals surface area contributed by atoms with Crippen molar-refractivity contribution in [1.29, 1.82) is 0 Å². The van der Waals surface area contributed by atoms with Crippen molar-refractivity contribution in [2.24, 2.45) is 0 Å². The molecule has 144 valence electrons. The van der Waals surface area contributed by atoms with Gasteiger partial charge in [-0.15, -0.1) is 0 Å². The maximum Gasteiger partial charge on any atom is 0.202 e. The van der Waals surface area contributed by atoms with Gasteiger partial charge in [0.15, 0.2) is 0 Å². The zero-order valence-corrected chi connectivity index (χ0v) is 15.5. The highest BCUT2D eigenvalue weighted by Crippen LogP contribution is 2.34. The minimum atomic E-state index is -0.709. The predicted octanol–water partition coefficient (Wildman–Crippen LogP) is 3.71. The molecule has 0 aliphatic carbocycles. The second-order valence-corrected chi connectivity index (χ2v) is 7.03. The number of hydrogen-bond acceptors (Lipinski definition) is 4. The Labute approximate surface area is 165 Å². The number of ether oxygens (including phenoxy) is 2. The molecule has 1 saturated heterocycles. The van der Waals surface area contributed by atoms with Crippen LogP contribution in [0.4, 0.5) is 0 Å². The first-order valence-electron chi connectivity index (χ1n) is 9.55. The Hall–Kier alpha value is -2.66. The highest BCUT2D eigenvalue weighted by molar-refractivity contribution is 5.45. The van der Waals surface area contributed by atoms with Crippen LogP contribution in [0.1, 0.15) is 29.0 Å². The number of aliphatic hydroxyl groups is 2. The van der Waals surface area contributed by atoms with Crippen molar-refractivity contribution in [2.75, 3.05) is 6.61 Å². The lowest BCUT2D eigenvalue weighted by Gasteiger charge is -2.20. The molecule has 1 aliphatic rings. The maximum atomic E-state index is 9.91. The van der Waals surface area contributed by atoms with Crippen LogP contribution in [0.2, 0.25) is 0 Å². The van der Waals surface area contributed by atoms with Gasteiger partial charge in [0, 0.05) is 12.3 Å². The Kier molecular flexibility index (Phi) is 5.72. The van der Waals surface area contributed by atoms with Crippen LogP contribution in [0.25, 0.3) is 0 Å². The average molecular weight is 376 g/mol. The Morgan fingerprint density at radius 2 is 1.46 bits per heavy atom. The Balaban J connectivity index is 1.62. The fourth-order valence-corrected chi connectivity index (χ4v) is 3.72. The number of benzene rings is 3. The molecule has 1 heterocycles. The monoisotopic (exact) mass is 376 g/mol. The third-order valence-corrected chi connectivity index (χ3v) is 5.09. The minimum absolute atomic E-state index is 0.0891. The summed E-state index contributed by atoms with van der Waals surface area (Å²) < 4.78 is 11.5. The lowest BCUT2D eigenvalue weighted by Crippen LogP contribution is -2.24. The predicted molar refractivity (Wildman–Crippen MR) is 107 cm³/mol. The first kappa shape index (κ1) is 18.7. The first-order chi connectivity index (χ1) is 13.7. The molecule has 3 atom stereocenters. The summed E-state index contributed by atoms with van der Waals surface area (Å²) in [5.74, 6) is 0.774. The van der Waals surface area contributed by atoms with E-state index in [1.54, 1.807) is 0 Å². The van der Waals surface area contributed by atoms with Crippen molar-refractivity contribution in [3.8, 4) is 5.75 Å². The van der Waals surface area contributed by atoms with E-state index in [1.807, 2.05) is 30.3 Å². The lowest BCUT2D eigenvalue weighted by atomic mass is 9.85. The van der Waals surface area contributed by atoms with Gasteiger partial charge >= 0.3 is 0 Å². The summed E-state index contributed by atoms with van der Waals surface area (Å²) in [6.45, 7) is -0.217. The highest BCUT2D eigenvalue weighted by atomic mass is 16.7. The van der Waals surface area contributed by atoms with E-state index in [2.05, 4.69) is 54.6 Å². The second-order valence-electron chi connectivity index (χ2n) is 7.03. The van der Waals surface area contributed by atoms with E-state index in [0.717, 1.165) is 5.56 Å². The van der Waals surface area contributed by atoms with Crippen molar-refractivity contribution in [2.45, 2.75) is 30.8 Å². The zero-order valence-electron chi connectivity index (χ0n) is 15.5. The quantitative estimate of drug-likeness (QED) is 0.644. The molecule has 0 spiro atoms. The van der Waals surface area contributed by atoms with E-state index >= 15 is 0 Å². The van der Waals surface area contributed by atoms with Crippen molar-refractivity contribution >= 4 is 0 Å². The van der Waals surface area contributed by atoms with Gasteiger partial charge in [-0.05, 0) is 28.8 Å². The minimum Gasteiger partial charge on any atom is -0.465 e. The van der Waals surface area contributed by atoms with E-state index in [4.69, 9.17) is 9.47 Å². The van der Waals surface area contributed by atoms with Gasteiger partial charge in [-0.25, -0.2) is 0 Å². The van der Waals surface area contributed by atoms with Crippen molar-refractivity contribution in [3.63, 3.8) is 0 Å². The van der Waals surface area contributed by atoms with Gasteiger partial charge in [0.1, 0.15) is 11.9 Å². The van der Waals surface area contributed by atoms with Crippen LogP contribution in [-0.2, 0) is 4.74 Å². The average Bonchev–Trinajstić information content (AvgIpc) is 3.09. The molecular weight excluding hydrogens is 352 g/mol. The molecule has 0 amide bonds. The Bertz CT molecular complexity index is 842. The molecule has 4 nitrogen and oxygen atoms in total. The van der Waals surface area contributed by atoms with E-state index in [0.29, 0.717) is 12.2 Å². The molecule has 0 saturated carbocycles. The third-order valence-electron chi connectivity index (χ3n) is 5.09. The fraction of sp³-hybridized carbons (Fsp3) is 0.250. The van der Waals surface area contributed by atoms with Crippen LogP contribution in [0.15, 0.2) is 84.9 Å². The number of rotatable bonds is 6. The summed E-state index contributed by atoms with van der Waals surface area (Å²) in [6.07, 6.45) is -1.51. The summed E-state index contributed by atoms with van der Waals surface area (Å²) in [5, 5.41) is 19.2. The summed E-state index contributed by atoms with van der Waals surface area (Å²) in [6, 6.07) is 28.7. The fourth-order valence-electron chi connectivity index (χ4n) is 3.72. The molecular formula is C24H24O4. The lowest BCUT2D eigenvalue weighted by molar-refractivity contribution is -0.0932. The smallest absolute Gasteiger partial charge is 0.202 e. The highest BCUT2D eigenvalue weighted by Gasteiger charge is 2.34. The van der Waals surface area contributed by atoms with Gasteiger partial charge in [-0.2, -0.15) is 0 Å². The second kappa shape index (κ2) is 8.57. The molecule has 0 aromatic heterocycles. The first-order valence-corrected chi connectivity index (χ1v) is 9.55. The van der Waals surface area contributed by atoms with E-state index in [1.165, 1.54) is 11.1 Å². The molecule has 4 rings (SSSR count). The van der Waals surface area contributed by atoms with Crippen LogP contribution < -0.4 is 4.74 Å². The topological polar surface area (TPSA) is 58.9 Å². The van der Waals surface area contributed by atoms with Crippen molar-refractivity contribution < 1.29 is 19.7 Å². The largest absolute Gasteiger partial charge is 0.465 e. The Morgan fingerprint density at radius 1 is 0.857 bits per heavy atom. The summed E-state index contributed by atoms with van der Waals surface area (Å²) in [5.41, 5.74) is 3.53. The van der Waals surface area contributed by atoms with Crippen LogP contribution >= 0.6 is 0 Å². The van der Waals surface area contributed by atoms with Gasteiger partial charge < -0.3 is 19.7 Å². The molecule has 1 fully saturated rings. The maximum absolute atomic E-state index is 9.91. The molecule has 3 aromatic carbocycles. The van der Waals surface area contributed by atoms with Gasteiger partial charge in [0.25, 0.3) is 0 Å². The standard InChI is InChI=1S/C24H24O4/c25-16-22-21(26)15-23(28-22)27-20-13-7-12-19(14-20)24(17-8-3-1-4-9-17)18-10-5-2-6-11-18/h1-14,21-26H,15-16H2/t21-,22-,23?/m1/s1.